The number of carbonyl (C=O) groups is 1. The molecule has 0 aliphatic carbocycles. The molecule has 0 bridgehead atoms. The van der Waals surface area contributed by atoms with Gasteiger partial charge in [-0.15, -0.1) is 0 Å². The predicted molar refractivity (Wildman–Crippen MR) is 62.3 cm³/mol. The van der Waals surface area contributed by atoms with Crippen molar-refractivity contribution in [2.24, 2.45) is 7.05 Å². The highest BCUT2D eigenvalue weighted by Crippen LogP contribution is 2.27. The van der Waals surface area contributed by atoms with Crippen molar-refractivity contribution in [2.75, 3.05) is 0 Å². The van der Waals surface area contributed by atoms with E-state index >= 15 is 0 Å². The number of benzene rings is 1. The van der Waals surface area contributed by atoms with E-state index in [1.165, 1.54) is 0 Å². The lowest BCUT2D eigenvalue weighted by Crippen LogP contribution is -1.93. The molecule has 1 aromatic heterocycles. The van der Waals surface area contributed by atoms with Crippen molar-refractivity contribution in [3.8, 4) is 0 Å². The summed E-state index contributed by atoms with van der Waals surface area (Å²) in [5, 5.41) is 9.82. The summed E-state index contributed by atoms with van der Waals surface area (Å²) in [5.74, 6) is -0.891. The largest absolute Gasteiger partial charge is 0.478 e. The first-order valence-electron chi connectivity index (χ1n) is 4.49. The molecule has 1 aromatic carbocycles. The molecule has 1 heterocycles. The van der Waals surface area contributed by atoms with Gasteiger partial charge in [-0.25, -0.2) is 4.79 Å². The van der Waals surface area contributed by atoms with E-state index in [4.69, 9.17) is 5.11 Å². The summed E-state index contributed by atoms with van der Waals surface area (Å²) in [4.78, 5) is 11.0. The molecule has 0 saturated carbocycles. The summed E-state index contributed by atoms with van der Waals surface area (Å²) in [6.07, 6.45) is 1.65. The SMILES string of the molecule is Cc1cc(Br)cc2c(C(=O)O)cn(C)c12. The van der Waals surface area contributed by atoms with E-state index in [2.05, 4.69) is 15.9 Å². The summed E-state index contributed by atoms with van der Waals surface area (Å²) < 4.78 is 2.75. The molecular weight excluding hydrogens is 258 g/mol. The normalized spacial score (nSPS) is 10.9. The Hall–Kier alpha value is -1.29. The second kappa shape index (κ2) is 3.38. The number of hydrogen-bond donors (Lipinski definition) is 1. The van der Waals surface area contributed by atoms with Crippen LogP contribution in [0.5, 0.6) is 0 Å². The summed E-state index contributed by atoms with van der Waals surface area (Å²) in [6, 6.07) is 3.82. The predicted octanol–water partition coefficient (Wildman–Crippen LogP) is 2.95. The first-order valence-corrected chi connectivity index (χ1v) is 5.28. The standard InChI is InChI=1S/C11H10BrNO2/c1-6-3-7(12)4-8-9(11(14)15)5-13(2)10(6)8/h3-5H,1-2H3,(H,14,15). The van der Waals surface area contributed by atoms with E-state index in [0.29, 0.717) is 5.56 Å². The highest BCUT2D eigenvalue weighted by Gasteiger charge is 2.14. The molecule has 78 valence electrons. The van der Waals surface area contributed by atoms with Crippen LogP contribution in [0, 0.1) is 6.92 Å². The van der Waals surface area contributed by atoms with Gasteiger partial charge < -0.3 is 9.67 Å². The third kappa shape index (κ3) is 1.55. The van der Waals surface area contributed by atoms with Gasteiger partial charge in [-0.3, -0.25) is 0 Å². The van der Waals surface area contributed by atoms with E-state index < -0.39 is 5.97 Å². The third-order valence-corrected chi connectivity index (χ3v) is 2.92. The molecule has 0 amide bonds. The fourth-order valence-electron chi connectivity index (χ4n) is 1.91. The van der Waals surface area contributed by atoms with Crippen molar-refractivity contribution in [2.45, 2.75) is 6.92 Å². The first-order chi connectivity index (χ1) is 7.00. The fourth-order valence-corrected chi connectivity index (χ4v) is 2.48. The van der Waals surface area contributed by atoms with Gasteiger partial charge in [0.1, 0.15) is 0 Å². The van der Waals surface area contributed by atoms with Crippen LogP contribution in [0.1, 0.15) is 15.9 Å². The maximum absolute atomic E-state index is 11.0. The van der Waals surface area contributed by atoms with E-state index in [-0.39, 0.29) is 0 Å². The molecule has 2 rings (SSSR count). The number of aryl methyl sites for hydroxylation is 2. The van der Waals surface area contributed by atoms with Crippen LogP contribution >= 0.6 is 15.9 Å². The number of carboxylic acids is 1. The molecular formula is C11H10BrNO2. The maximum atomic E-state index is 11.0. The molecule has 0 aliphatic rings. The van der Waals surface area contributed by atoms with Crippen molar-refractivity contribution in [3.63, 3.8) is 0 Å². The maximum Gasteiger partial charge on any atom is 0.337 e. The zero-order valence-electron chi connectivity index (χ0n) is 8.41. The number of halogens is 1. The topological polar surface area (TPSA) is 42.2 Å². The fraction of sp³-hybridized carbons (Fsp3) is 0.182. The van der Waals surface area contributed by atoms with Gasteiger partial charge in [-0.2, -0.15) is 0 Å². The molecule has 0 atom stereocenters. The van der Waals surface area contributed by atoms with Crippen LogP contribution in [-0.4, -0.2) is 15.6 Å². The molecule has 0 unspecified atom stereocenters. The summed E-state index contributed by atoms with van der Waals surface area (Å²) in [7, 11) is 1.86. The third-order valence-electron chi connectivity index (χ3n) is 2.46. The average Bonchev–Trinajstić information content (AvgIpc) is 2.42. The lowest BCUT2D eigenvalue weighted by atomic mass is 10.1. The Labute approximate surface area is 95.5 Å². The number of aromatic carboxylic acids is 1. The number of rotatable bonds is 1. The molecule has 15 heavy (non-hydrogen) atoms. The smallest absolute Gasteiger partial charge is 0.337 e. The molecule has 2 aromatic rings. The minimum atomic E-state index is -0.891. The molecule has 0 aliphatic heterocycles. The Kier molecular flexibility index (Phi) is 2.31. The highest BCUT2D eigenvalue weighted by molar-refractivity contribution is 9.10. The Morgan fingerprint density at radius 2 is 2.13 bits per heavy atom. The van der Waals surface area contributed by atoms with E-state index in [0.717, 1.165) is 20.9 Å². The van der Waals surface area contributed by atoms with E-state index in [9.17, 15) is 4.79 Å². The molecule has 0 radical (unpaired) electrons. The zero-order chi connectivity index (χ0) is 11.2. The van der Waals surface area contributed by atoms with Gasteiger partial charge in [0, 0.05) is 23.1 Å². The van der Waals surface area contributed by atoms with Crippen LogP contribution in [-0.2, 0) is 7.05 Å². The first kappa shape index (κ1) is 10.2. The zero-order valence-corrected chi connectivity index (χ0v) is 10.00. The second-order valence-electron chi connectivity index (χ2n) is 3.58. The summed E-state index contributed by atoms with van der Waals surface area (Å²) in [5.41, 5.74) is 2.38. The van der Waals surface area contributed by atoms with Crippen molar-refractivity contribution >= 4 is 32.8 Å². The second-order valence-corrected chi connectivity index (χ2v) is 4.49. The van der Waals surface area contributed by atoms with Crippen LogP contribution in [0.25, 0.3) is 10.9 Å². The minimum Gasteiger partial charge on any atom is -0.478 e. The van der Waals surface area contributed by atoms with Crippen LogP contribution in [0.3, 0.4) is 0 Å². The van der Waals surface area contributed by atoms with Gasteiger partial charge in [0.15, 0.2) is 0 Å². The summed E-state index contributed by atoms with van der Waals surface area (Å²) in [6.45, 7) is 1.97. The Morgan fingerprint density at radius 1 is 1.47 bits per heavy atom. The van der Waals surface area contributed by atoms with Crippen molar-refractivity contribution in [3.05, 3.63) is 33.9 Å². The monoisotopic (exact) mass is 267 g/mol. The van der Waals surface area contributed by atoms with E-state index in [1.54, 1.807) is 6.20 Å². The van der Waals surface area contributed by atoms with Gasteiger partial charge in [0.05, 0.1) is 11.1 Å². The molecule has 1 N–H and O–H groups in total. The molecule has 0 saturated heterocycles. The Morgan fingerprint density at radius 3 is 2.73 bits per heavy atom. The van der Waals surface area contributed by atoms with Crippen LogP contribution in [0.4, 0.5) is 0 Å². The van der Waals surface area contributed by atoms with Crippen LogP contribution in [0.2, 0.25) is 0 Å². The van der Waals surface area contributed by atoms with Gasteiger partial charge >= 0.3 is 5.97 Å². The minimum absolute atomic E-state index is 0.344. The van der Waals surface area contributed by atoms with Crippen LogP contribution < -0.4 is 0 Å². The van der Waals surface area contributed by atoms with Gasteiger partial charge in [-0.05, 0) is 24.6 Å². The van der Waals surface area contributed by atoms with Gasteiger partial charge in [0.2, 0.25) is 0 Å². The molecule has 0 fully saturated rings. The summed E-state index contributed by atoms with van der Waals surface area (Å²) >= 11 is 3.37. The lowest BCUT2D eigenvalue weighted by Gasteiger charge is -2.01. The quantitative estimate of drug-likeness (QED) is 0.863. The van der Waals surface area contributed by atoms with Gasteiger partial charge in [-0.1, -0.05) is 15.9 Å². The number of nitrogens with zero attached hydrogens (tertiary/aromatic N) is 1. The van der Waals surface area contributed by atoms with Crippen LogP contribution in [0.15, 0.2) is 22.8 Å². The van der Waals surface area contributed by atoms with Crippen molar-refractivity contribution in [1.82, 2.24) is 4.57 Å². The average molecular weight is 268 g/mol. The van der Waals surface area contributed by atoms with E-state index in [1.807, 2.05) is 30.7 Å². The Bertz CT molecular complexity index is 557. The number of carboxylic acid groups (broad SMARTS) is 1. The van der Waals surface area contributed by atoms with Crippen molar-refractivity contribution < 1.29 is 9.90 Å². The molecule has 3 nitrogen and oxygen atoms in total. The lowest BCUT2D eigenvalue weighted by molar-refractivity contribution is 0.0699. The van der Waals surface area contributed by atoms with Crippen molar-refractivity contribution in [1.29, 1.82) is 0 Å². The van der Waals surface area contributed by atoms with Gasteiger partial charge in [0.25, 0.3) is 0 Å². The number of hydrogen-bond acceptors (Lipinski definition) is 1. The number of aromatic nitrogens is 1. The number of fused-ring (bicyclic) bond motifs is 1. The Balaban J connectivity index is 2.93. The highest BCUT2D eigenvalue weighted by atomic mass is 79.9. The molecule has 4 heteroatoms. The molecule has 0 spiro atoms.